The zero-order valence-corrected chi connectivity index (χ0v) is 8.86. The summed E-state index contributed by atoms with van der Waals surface area (Å²) in [5, 5.41) is 0. The molecule has 4 nitrogen and oxygen atoms in total. The number of sulfonamides is 1. The molecule has 0 saturated carbocycles. The van der Waals surface area contributed by atoms with Crippen molar-refractivity contribution in [3.8, 4) is 0 Å². The second-order valence-corrected chi connectivity index (χ2v) is 5.72. The first-order valence-corrected chi connectivity index (χ1v) is 5.44. The molecule has 0 heterocycles. The number of hydrogen-bond acceptors (Lipinski definition) is 3. The van der Waals surface area contributed by atoms with Gasteiger partial charge in [0.1, 0.15) is 0 Å². The van der Waals surface area contributed by atoms with E-state index >= 15 is 0 Å². The summed E-state index contributed by atoms with van der Waals surface area (Å²) in [6.45, 7) is 5.99. The molecule has 0 spiro atoms. The highest BCUT2D eigenvalue weighted by molar-refractivity contribution is 7.89. The Morgan fingerprint density at radius 2 is 1.83 bits per heavy atom. The maximum Gasteiger partial charge on any atom is 0.233 e. The average molecular weight is 195 g/mol. The Balaban J connectivity index is 3.94. The normalized spacial score (nSPS) is 13.3. The molecule has 5 heteroatoms. The molecule has 0 fully saturated rings. The van der Waals surface area contributed by atoms with E-state index in [1.807, 2.05) is 25.7 Å². The molecule has 0 bridgehead atoms. The minimum absolute atomic E-state index is 0.0302. The van der Waals surface area contributed by atoms with Gasteiger partial charge >= 0.3 is 0 Å². The number of nitrogens with one attached hydrogen (secondary N) is 1. The van der Waals surface area contributed by atoms with Gasteiger partial charge in [-0.15, -0.1) is 0 Å². The van der Waals surface area contributed by atoms with Crippen LogP contribution in [-0.4, -0.2) is 21.3 Å². The van der Waals surface area contributed by atoms with Crippen LogP contribution in [0.25, 0.3) is 0 Å². The summed E-state index contributed by atoms with van der Waals surface area (Å²) in [7, 11) is -1.95. The van der Waals surface area contributed by atoms with Gasteiger partial charge in [0.2, 0.25) is 10.0 Å². The standard InChI is InChI=1S/C7H17NO3S/c1-7(2,3)5-6-12(9,10)8-11-4/h8H,5-6H2,1-4H3. The van der Waals surface area contributed by atoms with Crippen molar-refractivity contribution in [3.05, 3.63) is 0 Å². The lowest BCUT2D eigenvalue weighted by Crippen LogP contribution is -2.27. The predicted octanol–water partition coefficient (Wildman–Crippen LogP) is 0.903. The van der Waals surface area contributed by atoms with Crippen LogP contribution in [0, 0.1) is 5.41 Å². The maximum absolute atomic E-state index is 11.0. The van der Waals surface area contributed by atoms with E-state index < -0.39 is 10.0 Å². The first-order valence-electron chi connectivity index (χ1n) is 3.79. The van der Waals surface area contributed by atoms with E-state index in [9.17, 15) is 8.42 Å². The van der Waals surface area contributed by atoms with Gasteiger partial charge in [0.05, 0.1) is 12.9 Å². The largest absolute Gasteiger partial charge is 0.290 e. The molecule has 0 rings (SSSR count). The van der Waals surface area contributed by atoms with E-state index in [0.29, 0.717) is 6.42 Å². The van der Waals surface area contributed by atoms with Crippen molar-refractivity contribution in [2.24, 2.45) is 5.41 Å². The minimum atomic E-state index is -3.24. The number of rotatable bonds is 4. The van der Waals surface area contributed by atoms with Crippen LogP contribution in [0.15, 0.2) is 0 Å². The van der Waals surface area contributed by atoms with Crippen molar-refractivity contribution in [1.82, 2.24) is 4.89 Å². The highest BCUT2D eigenvalue weighted by Gasteiger charge is 2.16. The van der Waals surface area contributed by atoms with Crippen LogP contribution in [-0.2, 0) is 14.9 Å². The summed E-state index contributed by atoms with van der Waals surface area (Å²) < 4.78 is 22.1. The molecular formula is C7H17NO3S. The van der Waals surface area contributed by atoms with Gasteiger partial charge in [-0.1, -0.05) is 25.7 Å². The van der Waals surface area contributed by atoms with Crippen LogP contribution in [0.1, 0.15) is 27.2 Å². The average Bonchev–Trinajstić information content (AvgIpc) is 1.83. The van der Waals surface area contributed by atoms with Gasteiger partial charge in [0.15, 0.2) is 0 Å². The zero-order chi connectivity index (χ0) is 9.83. The lowest BCUT2D eigenvalue weighted by Gasteiger charge is -2.17. The lowest BCUT2D eigenvalue weighted by molar-refractivity contribution is 0.153. The van der Waals surface area contributed by atoms with E-state index in [0.717, 1.165) is 0 Å². The topological polar surface area (TPSA) is 55.4 Å². The van der Waals surface area contributed by atoms with Gasteiger partial charge in [-0.3, -0.25) is 4.84 Å². The predicted molar refractivity (Wildman–Crippen MR) is 48.0 cm³/mol. The first-order chi connectivity index (χ1) is 5.27. The maximum atomic E-state index is 11.0. The Hall–Kier alpha value is -0.130. The molecule has 0 unspecified atom stereocenters. The summed E-state index contributed by atoms with van der Waals surface area (Å²) >= 11 is 0. The van der Waals surface area contributed by atoms with Crippen LogP contribution in [0.2, 0.25) is 0 Å². The third-order valence-corrected chi connectivity index (χ3v) is 2.49. The molecule has 0 aliphatic heterocycles. The lowest BCUT2D eigenvalue weighted by atomic mass is 9.94. The fourth-order valence-electron chi connectivity index (χ4n) is 0.609. The Morgan fingerprint density at radius 3 is 2.17 bits per heavy atom. The Morgan fingerprint density at radius 1 is 1.33 bits per heavy atom. The van der Waals surface area contributed by atoms with Gasteiger partial charge in [0.25, 0.3) is 0 Å². The third kappa shape index (κ3) is 6.57. The van der Waals surface area contributed by atoms with Gasteiger partial charge in [-0.25, -0.2) is 8.42 Å². The van der Waals surface area contributed by atoms with Crippen LogP contribution < -0.4 is 4.89 Å². The molecule has 1 N–H and O–H groups in total. The molecule has 12 heavy (non-hydrogen) atoms. The van der Waals surface area contributed by atoms with Gasteiger partial charge in [-0.05, 0) is 11.8 Å². The second kappa shape index (κ2) is 4.20. The highest BCUT2D eigenvalue weighted by atomic mass is 32.2. The minimum Gasteiger partial charge on any atom is -0.290 e. The van der Waals surface area contributed by atoms with Crippen molar-refractivity contribution in [2.45, 2.75) is 27.2 Å². The fraction of sp³-hybridized carbons (Fsp3) is 1.00. The smallest absolute Gasteiger partial charge is 0.233 e. The Kier molecular flexibility index (Phi) is 4.16. The monoisotopic (exact) mass is 195 g/mol. The van der Waals surface area contributed by atoms with E-state index in [4.69, 9.17) is 0 Å². The van der Waals surface area contributed by atoms with Crippen molar-refractivity contribution in [1.29, 1.82) is 0 Å². The summed E-state index contributed by atoms with van der Waals surface area (Å²) in [5.41, 5.74) is 0.0302. The van der Waals surface area contributed by atoms with Crippen molar-refractivity contribution in [3.63, 3.8) is 0 Å². The van der Waals surface area contributed by atoms with E-state index in [1.54, 1.807) is 0 Å². The summed E-state index contributed by atoms with van der Waals surface area (Å²) in [4.78, 5) is 6.30. The van der Waals surface area contributed by atoms with Crippen molar-refractivity contribution in [2.75, 3.05) is 12.9 Å². The van der Waals surface area contributed by atoms with Gasteiger partial charge in [-0.2, -0.15) is 0 Å². The first kappa shape index (κ1) is 11.9. The van der Waals surface area contributed by atoms with Gasteiger partial charge in [0, 0.05) is 0 Å². The molecule has 0 saturated heterocycles. The summed E-state index contributed by atoms with van der Waals surface area (Å²) in [5.74, 6) is 0.102. The third-order valence-electron chi connectivity index (χ3n) is 1.33. The van der Waals surface area contributed by atoms with Crippen LogP contribution >= 0.6 is 0 Å². The van der Waals surface area contributed by atoms with Crippen LogP contribution in [0.4, 0.5) is 0 Å². The SMILES string of the molecule is CONS(=O)(=O)CCC(C)(C)C. The van der Waals surface area contributed by atoms with E-state index in [2.05, 4.69) is 4.84 Å². The van der Waals surface area contributed by atoms with Crippen LogP contribution in [0.5, 0.6) is 0 Å². The molecule has 0 aromatic carbocycles. The molecular weight excluding hydrogens is 178 g/mol. The molecule has 0 radical (unpaired) electrons. The number of hydrogen-bond donors (Lipinski definition) is 1. The quantitative estimate of drug-likeness (QED) is 0.678. The molecule has 0 aliphatic carbocycles. The highest BCUT2D eigenvalue weighted by Crippen LogP contribution is 2.18. The second-order valence-electron chi connectivity index (χ2n) is 3.92. The zero-order valence-electron chi connectivity index (χ0n) is 8.05. The Bertz CT molecular complexity index is 215. The molecule has 0 atom stereocenters. The Labute approximate surface area is 74.3 Å². The molecule has 74 valence electrons. The fourth-order valence-corrected chi connectivity index (χ4v) is 1.83. The summed E-state index contributed by atoms with van der Waals surface area (Å²) in [6, 6.07) is 0. The summed E-state index contributed by atoms with van der Waals surface area (Å²) in [6.07, 6.45) is 0.617. The molecule has 0 aliphatic rings. The van der Waals surface area contributed by atoms with E-state index in [1.165, 1.54) is 7.11 Å². The molecule has 0 aromatic heterocycles. The van der Waals surface area contributed by atoms with Crippen molar-refractivity contribution >= 4 is 10.0 Å². The van der Waals surface area contributed by atoms with Crippen molar-refractivity contribution < 1.29 is 13.3 Å². The van der Waals surface area contributed by atoms with E-state index in [-0.39, 0.29) is 11.2 Å². The van der Waals surface area contributed by atoms with Crippen LogP contribution in [0.3, 0.4) is 0 Å². The molecule has 0 amide bonds. The van der Waals surface area contributed by atoms with Gasteiger partial charge < -0.3 is 0 Å². The molecule has 0 aromatic rings.